The van der Waals surface area contributed by atoms with Gasteiger partial charge in [-0.15, -0.1) is 0 Å². The van der Waals surface area contributed by atoms with E-state index in [0.29, 0.717) is 5.44 Å². The van der Waals surface area contributed by atoms with Crippen LogP contribution in [0.15, 0.2) is 0 Å². The summed E-state index contributed by atoms with van der Waals surface area (Å²) in [7, 11) is 1.79. The molecule has 0 aromatic rings. The third-order valence-electron chi connectivity index (χ3n) is 1.94. The average Bonchev–Trinajstić information content (AvgIpc) is 2.30. The second-order valence-electron chi connectivity index (χ2n) is 2.78. The van der Waals surface area contributed by atoms with Crippen molar-refractivity contribution in [2.75, 3.05) is 7.11 Å². The molecule has 1 rings (SSSR count). The van der Waals surface area contributed by atoms with Gasteiger partial charge in [-0.1, -0.05) is 6.92 Å². The van der Waals surface area contributed by atoms with Crippen molar-refractivity contribution >= 4 is 11.8 Å². The van der Waals surface area contributed by atoms with Crippen molar-refractivity contribution in [3.05, 3.63) is 5.92 Å². The normalized spacial score (nSPS) is 31.9. The zero-order valence-corrected chi connectivity index (χ0v) is 11.1. The van der Waals surface area contributed by atoms with Gasteiger partial charge in [0.05, 0.1) is 0 Å². The summed E-state index contributed by atoms with van der Waals surface area (Å²) in [6.45, 7) is 4.43. The monoisotopic (exact) mass is 248 g/mol. The molecule has 1 heterocycles. The summed E-state index contributed by atoms with van der Waals surface area (Å²) in [5.74, 6) is 1.50. The van der Waals surface area contributed by atoms with E-state index in [0.717, 1.165) is 5.25 Å². The van der Waals surface area contributed by atoms with E-state index in [1.807, 2.05) is 11.8 Å². The van der Waals surface area contributed by atoms with Crippen LogP contribution in [0.2, 0.25) is 0 Å². The number of ether oxygens (including phenoxy) is 1. The van der Waals surface area contributed by atoms with Crippen LogP contribution in [0.5, 0.6) is 0 Å². The minimum atomic E-state index is 0. The minimum Gasteiger partial charge on any atom is -0.403 e. The van der Waals surface area contributed by atoms with Gasteiger partial charge >= 0.3 is 0 Å². The van der Waals surface area contributed by atoms with Gasteiger partial charge in [0.1, 0.15) is 0 Å². The van der Waals surface area contributed by atoms with Gasteiger partial charge in [-0.3, -0.25) is 5.92 Å². The molecular weight excluding hydrogens is 233 g/mol. The third-order valence-corrected chi connectivity index (χ3v) is 3.66. The Kier molecular flexibility index (Phi) is 6.72. The summed E-state index contributed by atoms with van der Waals surface area (Å²) in [5, 5.41) is 0.810. The number of hydrogen-bond acceptors (Lipinski definition) is 2. The molecule has 3 heteroatoms. The summed E-state index contributed by atoms with van der Waals surface area (Å²) in [5.41, 5.74) is 0.380. The van der Waals surface area contributed by atoms with Crippen molar-refractivity contribution in [2.24, 2.45) is 0 Å². The fourth-order valence-corrected chi connectivity index (χ4v) is 2.63. The van der Waals surface area contributed by atoms with Crippen molar-refractivity contribution in [1.82, 2.24) is 0 Å². The topological polar surface area (TPSA) is 9.23 Å². The number of methoxy groups -OCH3 is 1. The molecule has 2 atom stereocenters. The van der Waals surface area contributed by atoms with Crippen LogP contribution in [0.4, 0.5) is 0 Å². The quantitative estimate of drug-likeness (QED) is 0.694. The molecule has 1 aliphatic heterocycles. The number of hydrogen-bond donors (Lipinski definition) is 0. The van der Waals surface area contributed by atoms with Crippen molar-refractivity contribution < 1.29 is 37.4 Å². The molecule has 1 aliphatic rings. The van der Waals surface area contributed by atoms with E-state index in [9.17, 15) is 0 Å². The van der Waals surface area contributed by atoms with Gasteiger partial charge in [-0.2, -0.15) is 25.1 Å². The first-order valence-electron chi connectivity index (χ1n) is 3.78. The summed E-state index contributed by atoms with van der Waals surface area (Å²) in [4.78, 5) is 0. The molecule has 1 saturated heterocycles. The zero-order chi connectivity index (χ0) is 7.56. The molecule has 2 unspecified atom stereocenters. The second-order valence-corrected chi connectivity index (χ2v) is 4.15. The minimum absolute atomic E-state index is 0. The summed E-state index contributed by atoms with van der Waals surface area (Å²) in [6, 6.07) is 0. The van der Waals surface area contributed by atoms with E-state index in [1.165, 1.54) is 18.8 Å². The average molecular weight is 248 g/mol. The molecule has 0 spiro atoms. The second kappa shape index (κ2) is 5.96. The Morgan fingerprint density at radius 3 is 2.55 bits per heavy atom. The molecule has 0 aromatic carbocycles. The van der Waals surface area contributed by atoms with Gasteiger partial charge in [0.25, 0.3) is 0 Å². The van der Waals surface area contributed by atoms with Crippen LogP contribution in [0.1, 0.15) is 26.7 Å². The van der Waals surface area contributed by atoms with Crippen molar-refractivity contribution in [1.29, 1.82) is 0 Å². The maximum Gasteiger partial charge on any atom is 0.0333 e. The Bertz CT molecular complexity index is 110. The van der Waals surface area contributed by atoms with Crippen LogP contribution >= 0.6 is 11.8 Å². The van der Waals surface area contributed by atoms with Gasteiger partial charge in [-0.05, 0) is 17.1 Å². The first kappa shape index (κ1) is 12.4. The number of rotatable bonds is 2. The van der Waals surface area contributed by atoms with Crippen molar-refractivity contribution in [3.63, 3.8) is 0 Å². The molecule has 0 N–H and O–H groups in total. The molecule has 0 bridgehead atoms. The predicted octanol–water partition coefficient (Wildman–Crippen LogP) is 2.47. The van der Waals surface area contributed by atoms with Crippen LogP contribution in [0.25, 0.3) is 0 Å². The Morgan fingerprint density at radius 1 is 1.64 bits per heavy atom. The van der Waals surface area contributed by atoms with Gasteiger partial charge < -0.3 is 4.74 Å². The zero-order valence-electron chi connectivity index (χ0n) is 7.46. The van der Waals surface area contributed by atoms with Gasteiger partial charge in [0.2, 0.25) is 0 Å². The largest absolute Gasteiger partial charge is 0.403 e. The Morgan fingerprint density at radius 2 is 2.27 bits per heavy atom. The van der Waals surface area contributed by atoms with E-state index in [-0.39, 0.29) is 32.7 Å². The SMILES string of the molecule is CCC1C[C-](C)C(OC)S1.[Y]. The maximum atomic E-state index is 5.28. The van der Waals surface area contributed by atoms with Crippen LogP contribution in [-0.2, 0) is 37.4 Å². The fourth-order valence-electron chi connectivity index (χ4n) is 1.29. The van der Waals surface area contributed by atoms with E-state index in [1.54, 1.807) is 7.11 Å². The molecule has 0 aliphatic carbocycles. The summed E-state index contributed by atoms with van der Waals surface area (Å²) >= 11 is 1.96. The number of thioether (sulfide) groups is 1. The Labute approximate surface area is 98.9 Å². The fraction of sp³-hybridized carbons (Fsp3) is 0.875. The van der Waals surface area contributed by atoms with Gasteiger partial charge in [0, 0.05) is 39.8 Å². The van der Waals surface area contributed by atoms with Gasteiger partial charge in [-0.25, -0.2) is 0 Å². The molecule has 1 radical (unpaired) electrons. The van der Waals surface area contributed by atoms with Crippen LogP contribution in [0, 0.1) is 5.92 Å². The van der Waals surface area contributed by atoms with Crippen molar-refractivity contribution in [2.45, 2.75) is 37.4 Å². The van der Waals surface area contributed by atoms with Crippen LogP contribution in [0.3, 0.4) is 0 Å². The van der Waals surface area contributed by atoms with E-state index < -0.39 is 0 Å². The molecule has 63 valence electrons. The van der Waals surface area contributed by atoms with Crippen LogP contribution < -0.4 is 0 Å². The molecule has 1 fully saturated rings. The molecule has 11 heavy (non-hydrogen) atoms. The summed E-state index contributed by atoms with van der Waals surface area (Å²) in [6.07, 6.45) is 2.52. The first-order chi connectivity index (χ1) is 4.77. The Hall–Kier alpha value is 1.41. The maximum absolute atomic E-state index is 5.28. The third kappa shape index (κ3) is 3.34. The first-order valence-corrected chi connectivity index (χ1v) is 4.72. The smallest absolute Gasteiger partial charge is 0.0333 e. The van der Waals surface area contributed by atoms with Crippen LogP contribution in [-0.4, -0.2) is 17.8 Å². The molecule has 1 nitrogen and oxygen atoms in total. The molecule has 0 amide bonds. The van der Waals surface area contributed by atoms with E-state index in [2.05, 4.69) is 13.8 Å². The Balaban J connectivity index is 0.000001000. The molecule has 0 aromatic heterocycles. The standard InChI is InChI=1S/C8H15OS.Y/c1-4-7-5-6(2)8(9-3)10-7;/h7-8H,4-5H2,1-3H3;/q-1;. The summed E-state index contributed by atoms with van der Waals surface area (Å²) < 4.78 is 5.28. The molecule has 0 saturated carbocycles. The van der Waals surface area contributed by atoms with Crippen molar-refractivity contribution in [3.8, 4) is 0 Å². The van der Waals surface area contributed by atoms with Gasteiger partial charge in [0.15, 0.2) is 0 Å². The molecular formula is C8H15OSY-. The predicted molar refractivity (Wildman–Crippen MR) is 46.0 cm³/mol. The van der Waals surface area contributed by atoms with E-state index >= 15 is 0 Å². The van der Waals surface area contributed by atoms with E-state index in [4.69, 9.17) is 4.74 Å².